The van der Waals surface area contributed by atoms with Crippen LogP contribution < -0.4 is 14.8 Å². The van der Waals surface area contributed by atoms with E-state index >= 15 is 0 Å². The van der Waals surface area contributed by atoms with E-state index in [9.17, 15) is 4.79 Å². The van der Waals surface area contributed by atoms with Gasteiger partial charge in [0.2, 0.25) is 5.91 Å². The Bertz CT molecular complexity index is 971. The van der Waals surface area contributed by atoms with Crippen molar-refractivity contribution in [2.45, 2.75) is 19.4 Å². The van der Waals surface area contributed by atoms with Crippen LogP contribution in [0.5, 0.6) is 11.5 Å². The van der Waals surface area contributed by atoms with E-state index in [0.717, 1.165) is 11.1 Å². The van der Waals surface area contributed by atoms with Crippen LogP contribution in [-0.4, -0.2) is 19.6 Å². The van der Waals surface area contributed by atoms with Crippen LogP contribution in [0.15, 0.2) is 47.8 Å². The number of amides is 1. The van der Waals surface area contributed by atoms with Gasteiger partial charge in [-0.3, -0.25) is 4.79 Å². The fraction of sp³-hybridized carbons (Fsp3) is 0.227. The molecule has 0 atom stereocenters. The fourth-order valence-electron chi connectivity index (χ4n) is 2.78. The molecule has 0 saturated heterocycles. The minimum Gasteiger partial charge on any atom is -0.493 e. The number of ether oxygens (including phenoxy) is 2. The Balaban J connectivity index is 1.51. The van der Waals surface area contributed by atoms with Crippen molar-refractivity contribution in [2.24, 2.45) is 0 Å². The Morgan fingerprint density at radius 3 is 2.81 bits per heavy atom. The number of thiophene rings is 1. The van der Waals surface area contributed by atoms with Crippen LogP contribution in [0.25, 0.3) is 10.1 Å². The highest BCUT2D eigenvalue weighted by atomic mass is 32.1. The Morgan fingerprint density at radius 1 is 1.15 bits per heavy atom. The zero-order valence-corrected chi connectivity index (χ0v) is 16.0. The largest absolute Gasteiger partial charge is 0.493 e. The van der Waals surface area contributed by atoms with Crippen molar-refractivity contribution in [3.63, 3.8) is 0 Å². The van der Waals surface area contributed by atoms with E-state index < -0.39 is 0 Å². The van der Waals surface area contributed by atoms with Gasteiger partial charge in [0.25, 0.3) is 0 Å². The van der Waals surface area contributed by atoms with Crippen LogP contribution in [-0.2, 0) is 17.8 Å². The smallest absolute Gasteiger partial charge is 0.220 e. The maximum atomic E-state index is 12.2. The van der Waals surface area contributed by atoms with Crippen LogP contribution in [0.1, 0.15) is 17.5 Å². The lowest BCUT2D eigenvalue weighted by Crippen LogP contribution is -2.22. The first kappa shape index (κ1) is 18.8. The quantitative estimate of drug-likeness (QED) is 0.598. The standard InChI is InChI=1S/C22H21NO3S/c1-3-11-26-19-7-4-16(14-20(19)25-2)6-9-22(24)23-15-17-5-8-21-18(13-17)10-12-27-21/h1,4-5,7-8,10,12-14H,6,9,11,15H2,2H3,(H,23,24). The summed E-state index contributed by atoms with van der Waals surface area (Å²) in [5, 5.41) is 6.27. The number of benzene rings is 2. The number of nitrogens with one attached hydrogen (secondary N) is 1. The molecule has 0 radical (unpaired) electrons. The van der Waals surface area contributed by atoms with E-state index in [1.165, 1.54) is 10.1 Å². The van der Waals surface area contributed by atoms with Crippen LogP contribution >= 0.6 is 11.3 Å². The second kappa shape index (κ2) is 9.11. The molecule has 0 aliphatic rings. The van der Waals surface area contributed by atoms with E-state index in [2.05, 4.69) is 40.9 Å². The topological polar surface area (TPSA) is 47.6 Å². The molecule has 4 nitrogen and oxygen atoms in total. The van der Waals surface area contributed by atoms with Gasteiger partial charge in [-0.15, -0.1) is 17.8 Å². The second-order valence-electron chi connectivity index (χ2n) is 6.05. The Hall–Kier alpha value is -2.97. The van der Waals surface area contributed by atoms with Crippen molar-refractivity contribution < 1.29 is 14.3 Å². The Labute approximate surface area is 163 Å². The van der Waals surface area contributed by atoms with E-state index in [0.29, 0.717) is 30.9 Å². The number of fused-ring (bicyclic) bond motifs is 1. The summed E-state index contributed by atoms with van der Waals surface area (Å²) in [6.45, 7) is 0.724. The van der Waals surface area contributed by atoms with E-state index in [-0.39, 0.29) is 12.5 Å². The first-order valence-electron chi connectivity index (χ1n) is 8.65. The van der Waals surface area contributed by atoms with Gasteiger partial charge in [-0.05, 0) is 58.6 Å². The number of hydrogen-bond donors (Lipinski definition) is 1. The predicted molar refractivity (Wildman–Crippen MR) is 109 cm³/mol. The van der Waals surface area contributed by atoms with Crippen LogP contribution in [0, 0.1) is 12.3 Å². The van der Waals surface area contributed by atoms with Crippen LogP contribution in [0.2, 0.25) is 0 Å². The van der Waals surface area contributed by atoms with Crippen molar-refractivity contribution in [1.82, 2.24) is 5.32 Å². The van der Waals surface area contributed by atoms with Gasteiger partial charge in [-0.25, -0.2) is 0 Å². The van der Waals surface area contributed by atoms with Gasteiger partial charge in [0, 0.05) is 17.7 Å². The zero-order valence-electron chi connectivity index (χ0n) is 15.2. The number of aryl methyl sites for hydroxylation is 1. The average molecular weight is 379 g/mol. The molecule has 0 bridgehead atoms. The van der Waals surface area contributed by atoms with Gasteiger partial charge in [0.05, 0.1) is 7.11 Å². The van der Waals surface area contributed by atoms with Gasteiger partial charge in [-0.2, -0.15) is 0 Å². The lowest BCUT2D eigenvalue weighted by atomic mass is 10.1. The normalized spacial score (nSPS) is 10.4. The highest BCUT2D eigenvalue weighted by Crippen LogP contribution is 2.28. The molecule has 0 spiro atoms. The third kappa shape index (κ3) is 5.02. The fourth-order valence-corrected chi connectivity index (χ4v) is 3.55. The van der Waals surface area contributed by atoms with Crippen molar-refractivity contribution in [1.29, 1.82) is 0 Å². The summed E-state index contributed by atoms with van der Waals surface area (Å²) in [6, 6.07) is 14.0. The summed E-state index contributed by atoms with van der Waals surface area (Å²) in [6.07, 6.45) is 6.25. The molecule has 0 aliphatic heterocycles. The lowest BCUT2D eigenvalue weighted by Gasteiger charge is -2.11. The zero-order chi connectivity index (χ0) is 19.1. The summed E-state index contributed by atoms with van der Waals surface area (Å²) >= 11 is 1.72. The minimum atomic E-state index is 0.0204. The maximum Gasteiger partial charge on any atom is 0.220 e. The van der Waals surface area contributed by atoms with Gasteiger partial charge in [0.15, 0.2) is 11.5 Å². The predicted octanol–water partition coefficient (Wildman–Crippen LogP) is 4.17. The molecule has 1 amide bonds. The molecule has 27 heavy (non-hydrogen) atoms. The number of carbonyl (C=O) groups excluding carboxylic acids is 1. The molecule has 5 heteroatoms. The molecule has 1 heterocycles. The molecule has 0 unspecified atom stereocenters. The minimum absolute atomic E-state index is 0.0204. The summed E-state index contributed by atoms with van der Waals surface area (Å²) in [7, 11) is 1.58. The third-order valence-electron chi connectivity index (χ3n) is 4.19. The third-order valence-corrected chi connectivity index (χ3v) is 5.08. The Kier molecular flexibility index (Phi) is 6.35. The van der Waals surface area contributed by atoms with Gasteiger partial charge in [-0.1, -0.05) is 18.1 Å². The first-order chi connectivity index (χ1) is 13.2. The SMILES string of the molecule is C#CCOc1ccc(CCC(=O)NCc2ccc3sccc3c2)cc1OC. The molecule has 0 saturated carbocycles. The van der Waals surface area contributed by atoms with Gasteiger partial charge in [0.1, 0.15) is 6.61 Å². The molecule has 0 fully saturated rings. The Morgan fingerprint density at radius 2 is 2.00 bits per heavy atom. The summed E-state index contributed by atoms with van der Waals surface area (Å²) in [5.74, 6) is 3.67. The molecule has 2 aromatic carbocycles. The van der Waals surface area contributed by atoms with Crippen molar-refractivity contribution in [3.05, 3.63) is 59.0 Å². The van der Waals surface area contributed by atoms with Gasteiger partial charge >= 0.3 is 0 Å². The summed E-state index contributed by atoms with van der Waals surface area (Å²) in [4.78, 5) is 12.2. The maximum absolute atomic E-state index is 12.2. The van der Waals surface area contributed by atoms with E-state index in [4.69, 9.17) is 15.9 Å². The molecular formula is C22H21NO3S. The average Bonchev–Trinajstić information content (AvgIpc) is 3.17. The monoisotopic (exact) mass is 379 g/mol. The van der Waals surface area contributed by atoms with Crippen molar-refractivity contribution in [3.8, 4) is 23.8 Å². The number of rotatable bonds is 8. The van der Waals surface area contributed by atoms with Crippen molar-refractivity contribution in [2.75, 3.05) is 13.7 Å². The van der Waals surface area contributed by atoms with E-state index in [1.807, 2.05) is 18.2 Å². The van der Waals surface area contributed by atoms with E-state index in [1.54, 1.807) is 18.4 Å². The molecule has 1 N–H and O–H groups in total. The number of methoxy groups -OCH3 is 1. The molecule has 138 valence electrons. The lowest BCUT2D eigenvalue weighted by molar-refractivity contribution is -0.121. The van der Waals surface area contributed by atoms with Crippen molar-refractivity contribution >= 4 is 27.3 Å². The molecule has 3 aromatic rings. The summed E-state index contributed by atoms with van der Waals surface area (Å²) < 4.78 is 12.0. The van der Waals surface area contributed by atoms with Crippen LogP contribution in [0.3, 0.4) is 0 Å². The molecule has 3 rings (SSSR count). The molecular weight excluding hydrogens is 358 g/mol. The number of hydrogen-bond acceptors (Lipinski definition) is 4. The highest BCUT2D eigenvalue weighted by molar-refractivity contribution is 7.17. The summed E-state index contributed by atoms with van der Waals surface area (Å²) in [5.41, 5.74) is 2.11. The highest BCUT2D eigenvalue weighted by Gasteiger charge is 2.08. The van der Waals surface area contributed by atoms with Gasteiger partial charge < -0.3 is 14.8 Å². The number of terminal acetylenes is 1. The first-order valence-corrected chi connectivity index (χ1v) is 9.53. The molecule has 1 aromatic heterocycles. The second-order valence-corrected chi connectivity index (χ2v) is 7.00. The number of carbonyl (C=O) groups is 1. The van der Waals surface area contributed by atoms with Crippen LogP contribution in [0.4, 0.5) is 0 Å². The molecule has 0 aliphatic carbocycles.